The fourth-order valence-corrected chi connectivity index (χ4v) is 3.35. The highest BCUT2D eigenvalue weighted by Crippen LogP contribution is 2.34. The maximum Gasteiger partial charge on any atom is 0.275 e. The number of nitrogens with zero attached hydrogens (tertiary/aromatic N) is 1. The smallest absolute Gasteiger partial charge is 0.275 e. The molecule has 1 aliphatic rings. The third-order valence-corrected chi connectivity index (χ3v) is 5.97. The normalized spacial score (nSPS) is 17.6. The second-order valence-electron chi connectivity index (χ2n) is 6.72. The van der Waals surface area contributed by atoms with Crippen LogP contribution in [0, 0.1) is 12.3 Å². The van der Waals surface area contributed by atoms with Crippen molar-refractivity contribution in [2.45, 2.75) is 36.7 Å². The van der Waals surface area contributed by atoms with Gasteiger partial charge in [-0.1, -0.05) is 5.92 Å². The molecule has 2 N–H and O–H groups in total. The van der Waals surface area contributed by atoms with E-state index in [1.807, 2.05) is 24.5 Å². The van der Waals surface area contributed by atoms with Gasteiger partial charge in [-0.05, 0) is 56.7 Å². The first kappa shape index (κ1) is 18.6. The number of nitrogens with one attached hydrogen (secondary N) is 1. The highest BCUT2D eigenvalue weighted by Gasteiger charge is 2.43. The summed E-state index contributed by atoms with van der Waals surface area (Å²) in [5.74, 6) is 2.89. The van der Waals surface area contributed by atoms with E-state index < -0.39 is 10.5 Å². The Morgan fingerprint density at radius 3 is 2.85 bits per heavy atom. The van der Waals surface area contributed by atoms with Crippen LogP contribution in [-0.2, 0) is 4.79 Å². The zero-order valence-electron chi connectivity index (χ0n) is 14.9. The molecule has 26 heavy (non-hydrogen) atoms. The summed E-state index contributed by atoms with van der Waals surface area (Å²) in [5.41, 5.74) is 0.988. The summed E-state index contributed by atoms with van der Waals surface area (Å²) in [6, 6.07) is 7.32. The van der Waals surface area contributed by atoms with E-state index in [1.165, 1.54) is 11.8 Å². The summed E-state index contributed by atoms with van der Waals surface area (Å²) in [4.78, 5) is 16.0. The van der Waals surface area contributed by atoms with Crippen molar-refractivity contribution < 1.29 is 14.6 Å². The molecule has 0 spiro atoms. The van der Waals surface area contributed by atoms with Gasteiger partial charge in [0.05, 0.1) is 17.7 Å². The number of aliphatic hydroxyl groups excluding tert-OH is 1. The van der Waals surface area contributed by atoms with Gasteiger partial charge in [0.15, 0.2) is 0 Å². The number of carbonyl (C=O) groups excluding carboxylic acids is 1. The number of rotatable bonds is 6. The topological polar surface area (TPSA) is 71.5 Å². The van der Waals surface area contributed by atoms with Crippen molar-refractivity contribution in [3.05, 3.63) is 36.0 Å². The Balaban J connectivity index is 1.83. The molecule has 3 rings (SSSR count). The molecule has 1 aromatic heterocycles. The lowest BCUT2D eigenvalue weighted by Crippen LogP contribution is -2.61. The van der Waals surface area contributed by atoms with Gasteiger partial charge < -0.3 is 15.2 Å². The number of fused-ring (bicyclic) bond motifs is 1. The van der Waals surface area contributed by atoms with Gasteiger partial charge in [0.2, 0.25) is 4.93 Å². The fourth-order valence-electron chi connectivity index (χ4n) is 2.94. The third-order valence-electron chi connectivity index (χ3n) is 4.93. The molecule has 2 aromatic rings. The summed E-state index contributed by atoms with van der Waals surface area (Å²) in [6.07, 6.45) is 11.5. The van der Waals surface area contributed by atoms with Crippen molar-refractivity contribution in [3.63, 3.8) is 0 Å². The number of pyridine rings is 1. The van der Waals surface area contributed by atoms with E-state index in [2.05, 4.69) is 16.2 Å². The van der Waals surface area contributed by atoms with E-state index in [0.29, 0.717) is 11.3 Å². The molecule has 0 bridgehead atoms. The monoisotopic (exact) mass is 370 g/mol. The maximum absolute atomic E-state index is 12.8. The fraction of sp³-hybridized carbons (Fsp3) is 0.400. The largest absolute Gasteiger partial charge is 0.467 e. The number of aliphatic hydroxyl groups is 1. The van der Waals surface area contributed by atoms with Gasteiger partial charge in [-0.15, -0.1) is 18.2 Å². The lowest BCUT2D eigenvalue weighted by atomic mass is 9.77. The van der Waals surface area contributed by atoms with Crippen LogP contribution in [-0.4, -0.2) is 39.3 Å². The molecule has 1 heterocycles. The lowest BCUT2D eigenvalue weighted by Gasteiger charge is -2.43. The predicted octanol–water partition coefficient (Wildman–Crippen LogP) is 2.71. The summed E-state index contributed by atoms with van der Waals surface area (Å²) < 4.78 is 6.04. The van der Waals surface area contributed by atoms with Crippen LogP contribution in [0.25, 0.3) is 10.9 Å². The molecule has 0 saturated heterocycles. The molecule has 1 amide bonds. The van der Waals surface area contributed by atoms with Crippen LogP contribution in [0.1, 0.15) is 31.7 Å². The number of amides is 1. The lowest BCUT2D eigenvalue weighted by molar-refractivity contribution is -0.133. The highest BCUT2D eigenvalue weighted by atomic mass is 32.2. The van der Waals surface area contributed by atoms with Crippen LogP contribution in [0.4, 0.5) is 0 Å². The van der Waals surface area contributed by atoms with Gasteiger partial charge in [-0.25, -0.2) is 0 Å². The summed E-state index contributed by atoms with van der Waals surface area (Å²) in [5, 5.41) is 13.4. The van der Waals surface area contributed by atoms with Crippen LogP contribution in [0.5, 0.6) is 5.75 Å². The van der Waals surface area contributed by atoms with Crippen LogP contribution < -0.4 is 10.1 Å². The van der Waals surface area contributed by atoms with Crippen molar-refractivity contribution in [1.82, 2.24) is 10.3 Å². The van der Waals surface area contributed by atoms with E-state index >= 15 is 0 Å². The Morgan fingerprint density at radius 2 is 2.27 bits per heavy atom. The molecule has 1 aliphatic carbocycles. The average Bonchev–Trinajstić information content (AvgIpc) is 2.63. The molecule has 1 atom stereocenters. The third kappa shape index (κ3) is 3.50. The molecule has 1 saturated carbocycles. The Morgan fingerprint density at radius 1 is 1.50 bits per heavy atom. The van der Waals surface area contributed by atoms with E-state index in [1.54, 1.807) is 19.2 Å². The van der Waals surface area contributed by atoms with Crippen molar-refractivity contribution in [3.8, 4) is 18.1 Å². The van der Waals surface area contributed by atoms with Gasteiger partial charge >= 0.3 is 0 Å². The second kappa shape index (κ2) is 7.18. The zero-order valence-corrected chi connectivity index (χ0v) is 15.7. The number of hydrogen-bond donors (Lipinski definition) is 2. The predicted molar refractivity (Wildman–Crippen MR) is 104 cm³/mol. The first-order valence-electron chi connectivity index (χ1n) is 8.48. The molecule has 1 fully saturated rings. The maximum atomic E-state index is 12.8. The minimum atomic E-state index is -1.11. The number of hydrogen-bond acceptors (Lipinski definition) is 5. The second-order valence-corrected chi connectivity index (χ2v) is 7.91. The van der Waals surface area contributed by atoms with E-state index in [9.17, 15) is 9.90 Å². The Kier molecular flexibility index (Phi) is 5.12. The number of thioether (sulfide) groups is 1. The molecular formula is C20H22N2O3S. The highest BCUT2D eigenvalue weighted by molar-refractivity contribution is 8.00. The number of ether oxygens (including phenoxy) is 1. The molecule has 0 radical (unpaired) electrons. The Bertz CT molecular complexity index is 867. The SMILES string of the molecule is C#Cc1cnc2ccc(OC(C)(SC)C(=O)NC3(CO)CCC3)cc2c1. The van der Waals surface area contributed by atoms with E-state index in [0.717, 1.165) is 30.2 Å². The summed E-state index contributed by atoms with van der Waals surface area (Å²) in [7, 11) is 0. The Labute approximate surface area is 157 Å². The number of benzene rings is 1. The van der Waals surface area contributed by atoms with Gasteiger partial charge in [0, 0.05) is 17.1 Å². The molecule has 1 aromatic carbocycles. The number of carbonyl (C=O) groups is 1. The number of aromatic nitrogens is 1. The van der Waals surface area contributed by atoms with Crippen LogP contribution >= 0.6 is 11.8 Å². The zero-order chi connectivity index (χ0) is 18.8. The van der Waals surface area contributed by atoms with Gasteiger partial charge in [-0.3, -0.25) is 9.78 Å². The quantitative estimate of drug-likeness (QED) is 0.604. The first-order chi connectivity index (χ1) is 12.4. The van der Waals surface area contributed by atoms with Crippen molar-refractivity contribution >= 4 is 28.6 Å². The summed E-state index contributed by atoms with van der Waals surface area (Å²) >= 11 is 1.31. The van der Waals surface area contributed by atoms with Crippen LogP contribution in [0.15, 0.2) is 30.5 Å². The average molecular weight is 370 g/mol. The standard InChI is InChI=1S/C20H22N2O3S/c1-4-14-10-15-11-16(6-7-17(15)21-12-14)25-19(2,26-3)18(24)22-20(13-23)8-5-9-20/h1,6-7,10-12,23H,5,8-9,13H2,2-3H3,(H,22,24). The first-order valence-corrected chi connectivity index (χ1v) is 9.70. The van der Waals surface area contributed by atoms with Crippen LogP contribution in [0.2, 0.25) is 0 Å². The van der Waals surface area contributed by atoms with Crippen LogP contribution in [0.3, 0.4) is 0 Å². The van der Waals surface area contributed by atoms with Gasteiger partial charge in [0.25, 0.3) is 5.91 Å². The van der Waals surface area contributed by atoms with E-state index in [4.69, 9.17) is 11.2 Å². The minimum absolute atomic E-state index is 0.0558. The molecule has 1 unspecified atom stereocenters. The molecule has 0 aliphatic heterocycles. The van der Waals surface area contributed by atoms with E-state index in [-0.39, 0.29) is 12.5 Å². The minimum Gasteiger partial charge on any atom is -0.467 e. The van der Waals surface area contributed by atoms with Crippen molar-refractivity contribution in [2.75, 3.05) is 12.9 Å². The number of terminal acetylenes is 1. The molecule has 136 valence electrons. The summed E-state index contributed by atoms with van der Waals surface area (Å²) in [6.45, 7) is 1.68. The molecule has 5 nitrogen and oxygen atoms in total. The Hall–Kier alpha value is -2.23. The molecule has 6 heteroatoms. The van der Waals surface area contributed by atoms with Gasteiger partial charge in [0.1, 0.15) is 5.75 Å². The van der Waals surface area contributed by atoms with Crippen molar-refractivity contribution in [2.24, 2.45) is 0 Å². The van der Waals surface area contributed by atoms with Crippen molar-refractivity contribution in [1.29, 1.82) is 0 Å². The van der Waals surface area contributed by atoms with Gasteiger partial charge in [-0.2, -0.15) is 0 Å². The molecular weight excluding hydrogens is 348 g/mol.